The minimum Gasteiger partial charge on any atom is -0.330 e. The molecule has 5 heteroatoms. The summed E-state index contributed by atoms with van der Waals surface area (Å²) in [6, 6.07) is 20.5. The largest absolute Gasteiger partial charge is 0.330 e. The average Bonchev–Trinajstić information content (AvgIpc) is 3.37. The van der Waals surface area contributed by atoms with Crippen molar-refractivity contribution in [3.05, 3.63) is 106 Å². The van der Waals surface area contributed by atoms with Gasteiger partial charge in [-0.15, -0.1) is 17.9 Å². The maximum atomic E-state index is 13.9. The molecule has 0 aliphatic carbocycles. The van der Waals surface area contributed by atoms with Crippen LogP contribution in [0.2, 0.25) is 0 Å². The van der Waals surface area contributed by atoms with Gasteiger partial charge in [0.25, 0.3) is 0 Å². The Balaban J connectivity index is 1.61. The van der Waals surface area contributed by atoms with Crippen LogP contribution in [-0.2, 0) is 21.4 Å². The molecule has 3 aromatic rings. The summed E-state index contributed by atoms with van der Waals surface area (Å²) in [5.74, 6) is -0.333. The third kappa shape index (κ3) is 5.88. The second-order valence-electron chi connectivity index (χ2n) is 10.8. The molecule has 0 radical (unpaired) electrons. The predicted octanol–water partition coefficient (Wildman–Crippen LogP) is 6.73. The van der Waals surface area contributed by atoms with Crippen molar-refractivity contribution in [2.75, 3.05) is 19.6 Å². The zero-order valence-corrected chi connectivity index (χ0v) is 23.3. The Morgan fingerprint density at radius 2 is 1.81 bits per heavy atom. The minimum atomic E-state index is -0.278. The fraction of sp³-hybridized carbons (Fsp3) is 0.375. The summed E-state index contributed by atoms with van der Waals surface area (Å²) in [6.45, 7) is 13.5. The van der Waals surface area contributed by atoms with Crippen molar-refractivity contribution in [1.82, 2.24) is 9.80 Å². The van der Waals surface area contributed by atoms with Gasteiger partial charge in [0.1, 0.15) is 6.54 Å². The number of carbonyl (C=O) groups is 2. The smallest absolute Gasteiger partial charge is 0.243 e. The number of carbonyl (C=O) groups excluding carboxylic acids is 2. The number of rotatable bonds is 8. The summed E-state index contributed by atoms with van der Waals surface area (Å²) in [5, 5.41) is 2.12. The molecule has 0 saturated heterocycles. The molecular weight excluding hydrogens is 476 g/mol. The lowest BCUT2D eigenvalue weighted by Gasteiger charge is -2.38. The lowest BCUT2D eigenvalue weighted by Crippen LogP contribution is -2.47. The fourth-order valence-electron chi connectivity index (χ4n) is 5.21. The van der Waals surface area contributed by atoms with Crippen molar-refractivity contribution in [3.8, 4) is 0 Å². The van der Waals surface area contributed by atoms with Crippen LogP contribution in [0.4, 0.5) is 0 Å². The molecule has 2 aromatic carbocycles. The molecule has 1 aromatic heterocycles. The van der Waals surface area contributed by atoms with Gasteiger partial charge in [0, 0.05) is 18.0 Å². The maximum Gasteiger partial charge on any atom is 0.243 e. The number of fused-ring (bicyclic) bond motifs is 1. The second-order valence-corrected chi connectivity index (χ2v) is 11.8. The van der Waals surface area contributed by atoms with Crippen LogP contribution in [0.3, 0.4) is 0 Å². The molecule has 4 rings (SSSR count). The molecule has 1 aliphatic rings. The Morgan fingerprint density at radius 3 is 2.43 bits per heavy atom. The van der Waals surface area contributed by atoms with Gasteiger partial charge in [-0.25, -0.2) is 0 Å². The van der Waals surface area contributed by atoms with Crippen molar-refractivity contribution >= 4 is 23.2 Å². The first-order valence-corrected chi connectivity index (χ1v) is 14.0. The predicted molar refractivity (Wildman–Crippen MR) is 153 cm³/mol. The number of hydrogen-bond acceptors (Lipinski definition) is 3. The van der Waals surface area contributed by atoms with Crippen molar-refractivity contribution < 1.29 is 9.59 Å². The zero-order chi connectivity index (χ0) is 26.6. The topological polar surface area (TPSA) is 40.6 Å². The van der Waals surface area contributed by atoms with Crippen molar-refractivity contribution in [1.29, 1.82) is 0 Å². The zero-order valence-electron chi connectivity index (χ0n) is 22.4. The number of nitrogens with zero attached hydrogens (tertiary/aromatic N) is 2. The van der Waals surface area contributed by atoms with E-state index in [1.165, 1.54) is 16.0 Å². The van der Waals surface area contributed by atoms with Gasteiger partial charge in [-0.2, -0.15) is 0 Å². The monoisotopic (exact) mass is 514 g/mol. The minimum absolute atomic E-state index is 0.0266. The highest BCUT2D eigenvalue weighted by molar-refractivity contribution is 7.10. The van der Waals surface area contributed by atoms with Gasteiger partial charge in [0.05, 0.1) is 12.0 Å². The van der Waals surface area contributed by atoms with Crippen LogP contribution in [0.1, 0.15) is 73.2 Å². The number of thiophene rings is 1. The highest BCUT2D eigenvalue weighted by Crippen LogP contribution is 2.38. The molecule has 4 nitrogen and oxygen atoms in total. The molecule has 2 unspecified atom stereocenters. The molecule has 0 saturated carbocycles. The van der Waals surface area contributed by atoms with E-state index in [1.807, 2.05) is 42.2 Å². The Hall–Kier alpha value is -3.18. The Bertz CT molecular complexity index is 1220. The summed E-state index contributed by atoms with van der Waals surface area (Å²) >= 11 is 1.76. The highest BCUT2D eigenvalue weighted by Gasteiger charge is 2.35. The lowest BCUT2D eigenvalue weighted by molar-refractivity contribution is -0.142. The molecule has 0 fully saturated rings. The summed E-state index contributed by atoms with van der Waals surface area (Å²) in [7, 11) is 0. The van der Waals surface area contributed by atoms with Crippen LogP contribution in [0.25, 0.3) is 0 Å². The summed E-state index contributed by atoms with van der Waals surface area (Å²) in [6.07, 6.45) is 3.22. The van der Waals surface area contributed by atoms with E-state index in [0.717, 1.165) is 17.5 Å². The van der Waals surface area contributed by atoms with Crippen LogP contribution in [-0.4, -0.2) is 41.2 Å². The van der Waals surface area contributed by atoms with E-state index < -0.39 is 0 Å². The number of amides is 2. The van der Waals surface area contributed by atoms with E-state index in [4.69, 9.17) is 0 Å². The third-order valence-corrected chi connectivity index (χ3v) is 8.27. The standard InChI is InChI=1S/C32H38N2O2S/c1-6-19-33(31(36)26(7-2)23-11-9-8-10-12-23)22-29(35)34-20-17-28-27(18-21-37-28)30(34)24-13-15-25(16-14-24)32(3,4)5/h6,8-16,18,21,26,30H,1,7,17,19-20,22H2,2-5H3. The van der Waals surface area contributed by atoms with Crippen molar-refractivity contribution in [3.63, 3.8) is 0 Å². The van der Waals surface area contributed by atoms with Crippen molar-refractivity contribution in [2.24, 2.45) is 0 Å². The Morgan fingerprint density at radius 1 is 1.11 bits per heavy atom. The van der Waals surface area contributed by atoms with Gasteiger partial charge in [-0.3, -0.25) is 9.59 Å². The van der Waals surface area contributed by atoms with Gasteiger partial charge in [-0.1, -0.05) is 88.4 Å². The molecular formula is C32H38N2O2S. The summed E-state index contributed by atoms with van der Waals surface area (Å²) in [5.41, 5.74) is 4.62. The van der Waals surface area contributed by atoms with Crippen LogP contribution in [0.15, 0.2) is 78.7 Å². The Labute approximate surface area is 225 Å². The number of benzene rings is 2. The van der Waals surface area contributed by atoms with E-state index in [-0.39, 0.29) is 35.7 Å². The lowest BCUT2D eigenvalue weighted by atomic mass is 9.85. The quantitative estimate of drug-likeness (QED) is 0.313. The number of hydrogen-bond donors (Lipinski definition) is 0. The average molecular weight is 515 g/mol. The van der Waals surface area contributed by atoms with Gasteiger partial charge in [0.2, 0.25) is 11.8 Å². The third-order valence-electron chi connectivity index (χ3n) is 7.27. The summed E-state index contributed by atoms with van der Waals surface area (Å²) in [4.78, 5) is 32.5. The van der Waals surface area contributed by atoms with E-state index in [9.17, 15) is 9.59 Å². The first-order chi connectivity index (χ1) is 17.7. The van der Waals surface area contributed by atoms with Gasteiger partial charge < -0.3 is 9.80 Å². The van der Waals surface area contributed by atoms with Gasteiger partial charge in [-0.05, 0) is 52.0 Å². The van der Waals surface area contributed by atoms with Crippen molar-refractivity contribution in [2.45, 2.75) is 57.9 Å². The molecule has 1 aliphatic heterocycles. The SMILES string of the molecule is C=CCN(CC(=O)N1CCc2sccc2C1c1ccc(C(C)(C)C)cc1)C(=O)C(CC)c1ccccc1. The van der Waals surface area contributed by atoms with Crippen LogP contribution >= 0.6 is 11.3 Å². The maximum absolute atomic E-state index is 13.9. The molecule has 0 N–H and O–H groups in total. The van der Waals surface area contributed by atoms with E-state index in [1.54, 1.807) is 22.3 Å². The fourth-order valence-corrected chi connectivity index (χ4v) is 6.11. The highest BCUT2D eigenvalue weighted by atomic mass is 32.1. The summed E-state index contributed by atoms with van der Waals surface area (Å²) < 4.78 is 0. The van der Waals surface area contributed by atoms with E-state index >= 15 is 0 Å². The van der Waals surface area contributed by atoms with Crippen LogP contribution < -0.4 is 0 Å². The molecule has 2 amide bonds. The molecule has 0 bridgehead atoms. The first kappa shape index (κ1) is 26.9. The normalized spacial score (nSPS) is 16.1. The molecule has 194 valence electrons. The molecule has 2 heterocycles. The van der Waals surface area contributed by atoms with Gasteiger partial charge in [0.15, 0.2) is 0 Å². The second kappa shape index (κ2) is 11.5. The molecule has 2 atom stereocenters. The Kier molecular flexibility index (Phi) is 8.33. The molecule has 0 spiro atoms. The van der Waals surface area contributed by atoms with Crippen LogP contribution in [0, 0.1) is 0 Å². The van der Waals surface area contributed by atoms with E-state index in [2.05, 4.69) is 63.1 Å². The van der Waals surface area contributed by atoms with E-state index in [0.29, 0.717) is 19.5 Å². The first-order valence-electron chi connectivity index (χ1n) is 13.1. The van der Waals surface area contributed by atoms with Gasteiger partial charge >= 0.3 is 0 Å². The molecule has 37 heavy (non-hydrogen) atoms. The van der Waals surface area contributed by atoms with Crippen LogP contribution in [0.5, 0.6) is 0 Å².